The van der Waals surface area contributed by atoms with Gasteiger partial charge in [0.2, 0.25) is 0 Å². The molecule has 1 atom stereocenters. The number of hydrogen-bond acceptors (Lipinski definition) is 3. The molecule has 1 heterocycles. The highest BCUT2D eigenvalue weighted by atomic mass is 35.5. The van der Waals surface area contributed by atoms with E-state index in [-0.39, 0.29) is 11.9 Å². The molecule has 0 saturated carbocycles. The van der Waals surface area contributed by atoms with E-state index < -0.39 is 11.7 Å². The third kappa shape index (κ3) is 5.58. The molecule has 0 unspecified atom stereocenters. The lowest BCUT2D eigenvalue weighted by Gasteiger charge is -2.15. The Balaban J connectivity index is 1.30. The normalized spacial score (nSPS) is 15.0. The Kier molecular flexibility index (Phi) is 6.84. The summed E-state index contributed by atoms with van der Waals surface area (Å²) in [4.78, 5) is 13.3. The highest BCUT2D eigenvalue weighted by Crippen LogP contribution is 2.34. The highest BCUT2D eigenvalue weighted by Gasteiger charge is 2.30. The van der Waals surface area contributed by atoms with Crippen LogP contribution in [0.1, 0.15) is 38.4 Å². The van der Waals surface area contributed by atoms with Gasteiger partial charge in [0.15, 0.2) is 5.22 Å². The number of amides is 1. The molecule has 4 nitrogen and oxygen atoms in total. The van der Waals surface area contributed by atoms with E-state index in [2.05, 4.69) is 10.6 Å². The zero-order chi connectivity index (χ0) is 26.2. The number of halogens is 4. The molecule has 1 aliphatic rings. The Morgan fingerprint density at radius 3 is 2.46 bits per heavy atom. The summed E-state index contributed by atoms with van der Waals surface area (Å²) < 4.78 is 44.4. The molecule has 4 aromatic rings. The molecule has 37 heavy (non-hydrogen) atoms. The first-order valence-corrected chi connectivity index (χ1v) is 12.2. The fourth-order valence-electron chi connectivity index (χ4n) is 4.80. The molecular weight excluding hydrogens is 501 g/mol. The van der Waals surface area contributed by atoms with Crippen LogP contribution in [0.25, 0.3) is 11.1 Å². The van der Waals surface area contributed by atoms with Gasteiger partial charge < -0.3 is 15.1 Å². The first-order chi connectivity index (χ1) is 17.7. The molecule has 1 aliphatic carbocycles. The average Bonchev–Trinajstić information content (AvgIpc) is 3.47. The molecule has 0 spiro atoms. The summed E-state index contributed by atoms with van der Waals surface area (Å²) in [5.41, 5.74) is 4.67. The van der Waals surface area contributed by atoms with Gasteiger partial charge in [-0.3, -0.25) is 4.79 Å². The minimum absolute atomic E-state index is 0.243. The van der Waals surface area contributed by atoms with Crippen LogP contribution in [0.15, 0.2) is 77.2 Å². The number of carbonyl (C=O) groups is 1. The van der Waals surface area contributed by atoms with Crippen molar-refractivity contribution in [3.05, 3.63) is 112 Å². The SMILES string of the molecule is Cc1cccc(C(=O)Nc2ccc3c(c2)C[C@@H](NCc2ccc(Cl)o2)C3)c1-c1ccc(C(F)(F)F)cc1. The van der Waals surface area contributed by atoms with E-state index in [1.807, 2.05) is 37.3 Å². The maximum Gasteiger partial charge on any atom is 0.416 e. The second kappa shape index (κ2) is 10.1. The molecule has 190 valence electrons. The second-order valence-electron chi connectivity index (χ2n) is 9.20. The van der Waals surface area contributed by atoms with Crippen LogP contribution in [0.4, 0.5) is 18.9 Å². The van der Waals surface area contributed by atoms with Crippen LogP contribution in [0, 0.1) is 6.92 Å². The van der Waals surface area contributed by atoms with Crippen LogP contribution < -0.4 is 10.6 Å². The van der Waals surface area contributed by atoms with Gasteiger partial charge in [0.05, 0.1) is 12.1 Å². The monoisotopic (exact) mass is 524 g/mol. The lowest BCUT2D eigenvalue weighted by atomic mass is 9.93. The lowest BCUT2D eigenvalue weighted by Crippen LogP contribution is -2.28. The number of furan rings is 1. The lowest BCUT2D eigenvalue weighted by molar-refractivity contribution is -0.137. The summed E-state index contributed by atoms with van der Waals surface area (Å²) in [5.74, 6) is 0.455. The average molecular weight is 525 g/mol. The first-order valence-electron chi connectivity index (χ1n) is 11.9. The third-order valence-electron chi connectivity index (χ3n) is 6.61. The molecule has 8 heteroatoms. The van der Waals surface area contributed by atoms with Gasteiger partial charge in [-0.1, -0.05) is 30.3 Å². The van der Waals surface area contributed by atoms with Crippen LogP contribution in [0.2, 0.25) is 5.22 Å². The minimum atomic E-state index is -4.42. The molecule has 3 aromatic carbocycles. The fraction of sp³-hybridized carbons (Fsp3) is 0.207. The predicted octanol–water partition coefficient (Wildman–Crippen LogP) is 7.44. The summed E-state index contributed by atoms with van der Waals surface area (Å²) in [5, 5.41) is 6.81. The largest absolute Gasteiger partial charge is 0.448 e. The number of alkyl halides is 3. The van der Waals surface area contributed by atoms with Crippen LogP contribution in [-0.2, 0) is 25.6 Å². The minimum Gasteiger partial charge on any atom is -0.448 e. The number of fused-ring (bicyclic) bond motifs is 1. The Morgan fingerprint density at radius 1 is 1.00 bits per heavy atom. The van der Waals surface area contributed by atoms with Crippen LogP contribution in [0.5, 0.6) is 0 Å². The van der Waals surface area contributed by atoms with Gasteiger partial charge in [0.25, 0.3) is 5.91 Å². The molecular formula is C29H24ClF3N2O2. The predicted molar refractivity (Wildman–Crippen MR) is 138 cm³/mol. The third-order valence-corrected chi connectivity index (χ3v) is 6.81. The van der Waals surface area contributed by atoms with Crippen molar-refractivity contribution in [2.75, 3.05) is 5.32 Å². The van der Waals surface area contributed by atoms with E-state index in [1.165, 1.54) is 17.7 Å². The van der Waals surface area contributed by atoms with E-state index in [1.54, 1.807) is 18.2 Å². The number of aryl methyl sites for hydroxylation is 1. The number of hydrogen-bond donors (Lipinski definition) is 2. The Morgan fingerprint density at radius 2 is 1.76 bits per heavy atom. The molecule has 1 aromatic heterocycles. The van der Waals surface area contributed by atoms with Crippen molar-refractivity contribution in [1.29, 1.82) is 0 Å². The zero-order valence-electron chi connectivity index (χ0n) is 20.0. The van der Waals surface area contributed by atoms with Crippen molar-refractivity contribution >= 4 is 23.2 Å². The maximum atomic E-state index is 13.3. The van der Waals surface area contributed by atoms with Crippen molar-refractivity contribution in [3.63, 3.8) is 0 Å². The van der Waals surface area contributed by atoms with Crippen LogP contribution in [-0.4, -0.2) is 11.9 Å². The number of nitrogens with one attached hydrogen (secondary N) is 2. The maximum absolute atomic E-state index is 13.3. The number of anilines is 1. The number of carbonyl (C=O) groups excluding carboxylic acids is 1. The van der Waals surface area contributed by atoms with E-state index in [4.69, 9.17) is 16.0 Å². The van der Waals surface area contributed by atoms with E-state index >= 15 is 0 Å². The molecule has 0 saturated heterocycles. The standard InChI is InChI=1S/C29H24ClF3N2O2/c1-17-3-2-4-25(27(17)18-5-8-21(9-6-18)29(31,32)33)28(36)35-22-10-7-19-13-23(15-20(19)14-22)34-16-24-11-12-26(30)37-24/h2-12,14,23,34H,13,15-16H2,1H3,(H,35,36)/t23-/m0/s1. The molecule has 2 N–H and O–H groups in total. The summed E-state index contributed by atoms with van der Waals surface area (Å²) in [6.07, 6.45) is -2.73. The van der Waals surface area contributed by atoms with Gasteiger partial charge in [-0.2, -0.15) is 13.2 Å². The molecule has 0 bridgehead atoms. The second-order valence-corrected chi connectivity index (χ2v) is 9.57. The quantitative estimate of drug-likeness (QED) is 0.276. The Labute approximate surface area is 217 Å². The van der Waals surface area contributed by atoms with Gasteiger partial charge in [-0.15, -0.1) is 0 Å². The molecule has 0 fully saturated rings. The molecule has 0 aliphatic heterocycles. The van der Waals surface area contributed by atoms with Gasteiger partial charge in [-0.25, -0.2) is 0 Å². The summed E-state index contributed by atoms with van der Waals surface area (Å²) >= 11 is 5.84. The number of rotatable bonds is 6. The molecule has 1 amide bonds. The Bertz CT molecular complexity index is 1440. The Hall–Kier alpha value is -3.55. The summed E-state index contributed by atoms with van der Waals surface area (Å²) in [6.45, 7) is 2.41. The van der Waals surface area contributed by atoms with Crippen LogP contribution >= 0.6 is 11.6 Å². The van der Waals surface area contributed by atoms with Crippen molar-refractivity contribution in [2.24, 2.45) is 0 Å². The molecule has 0 radical (unpaired) electrons. The highest BCUT2D eigenvalue weighted by molar-refractivity contribution is 6.28. The van der Waals surface area contributed by atoms with Gasteiger partial charge in [0, 0.05) is 17.3 Å². The number of benzene rings is 3. The fourth-order valence-corrected chi connectivity index (χ4v) is 4.96. The zero-order valence-corrected chi connectivity index (χ0v) is 20.7. The van der Waals surface area contributed by atoms with E-state index in [0.717, 1.165) is 41.9 Å². The van der Waals surface area contributed by atoms with Crippen molar-refractivity contribution < 1.29 is 22.4 Å². The summed E-state index contributed by atoms with van der Waals surface area (Å²) in [6, 6.07) is 19.8. The smallest absolute Gasteiger partial charge is 0.416 e. The van der Waals surface area contributed by atoms with Gasteiger partial charge >= 0.3 is 6.18 Å². The first kappa shape index (κ1) is 25.1. The van der Waals surface area contributed by atoms with E-state index in [0.29, 0.717) is 34.1 Å². The summed E-state index contributed by atoms with van der Waals surface area (Å²) in [7, 11) is 0. The van der Waals surface area contributed by atoms with Crippen molar-refractivity contribution in [3.8, 4) is 11.1 Å². The topological polar surface area (TPSA) is 54.3 Å². The molecule has 5 rings (SSSR count). The van der Waals surface area contributed by atoms with Gasteiger partial charge in [0.1, 0.15) is 5.76 Å². The van der Waals surface area contributed by atoms with E-state index in [9.17, 15) is 18.0 Å². The van der Waals surface area contributed by atoms with Crippen LogP contribution in [0.3, 0.4) is 0 Å². The van der Waals surface area contributed by atoms with Crippen molar-refractivity contribution in [2.45, 2.75) is 38.5 Å². The van der Waals surface area contributed by atoms with Crippen molar-refractivity contribution in [1.82, 2.24) is 5.32 Å². The van der Waals surface area contributed by atoms with Gasteiger partial charge in [-0.05, 0) is 102 Å².